The summed E-state index contributed by atoms with van der Waals surface area (Å²) >= 11 is 3.58. The van der Waals surface area contributed by atoms with Gasteiger partial charge in [-0.15, -0.1) is 0 Å². The molecule has 1 fully saturated rings. The average molecular weight is 334 g/mol. The Labute approximate surface area is 126 Å². The molecule has 0 unspecified atom stereocenters. The maximum absolute atomic E-state index is 11.9. The van der Waals surface area contributed by atoms with E-state index in [1.165, 1.54) is 0 Å². The highest BCUT2D eigenvalue weighted by Crippen LogP contribution is 2.33. The van der Waals surface area contributed by atoms with Crippen LogP contribution < -0.4 is 5.32 Å². The summed E-state index contributed by atoms with van der Waals surface area (Å²) < 4.78 is 5.52. The Morgan fingerprint density at radius 3 is 2.42 bits per heavy atom. The lowest BCUT2D eigenvalue weighted by molar-refractivity contribution is -0.124. The summed E-state index contributed by atoms with van der Waals surface area (Å²) in [5, 5.41) is 4.06. The number of nitrogens with one attached hydrogen (secondary N) is 1. The number of carbonyl (C=O) groups is 1. The molecule has 0 aliphatic heterocycles. The highest BCUT2D eigenvalue weighted by molar-refractivity contribution is 9.09. The smallest absolute Gasteiger partial charge is 0.220 e. The number of alkyl halides is 1. The molecule has 1 amide bonds. The molecule has 1 saturated carbocycles. The Morgan fingerprint density at radius 2 is 1.95 bits per heavy atom. The van der Waals surface area contributed by atoms with Gasteiger partial charge in [-0.1, -0.05) is 29.8 Å². The fourth-order valence-electron chi connectivity index (χ4n) is 2.57. The first-order valence-electron chi connectivity index (χ1n) is 7.53. The molecule has 19 heavy (non-hydrogen) atoms. The van der Waals surface area contributed by atoms with E-state index >= 15 is 0 Å². The predicted molar refractivity (Wildman–Crippen MR) is 82.6 cm³/mol. The van der Waals surface area contributed by atoms with Gasteiger partial charge in [-0.25, -0.2) is 0 Å². The molecule has 0 heterocycles. The zero-order valence-corrected chi connectivity index (χ0v) is 14.1. The van der Waals surface area contributed by atoms with Gasteiger partial charge in [-0.05, 0) is 43.9 Å². The summed E-state index contributed by atoms with van der Waals surface area (Å²) in [5.74, 6) is 0.727. The van der Waals surface area contributed by atoms with E-state index in [0.29, 0.717) is 18.4 Å². The van der Waals surface area contributed by atoms with Crippen molar-refractivity contribution in [1.29, 1.82) is 0 Å². The summed E-state index contributed by atoms with van der Waals surface area (Å²) in [6, 6.07) is 0. The van der Waals surface area contributed by atoms with Crippen molar-refractivity contribution in [2.75, 3.05) is 18.5 Å². The van der Waals surface area contributed by atoms with Crippen molar-refractivity contribution in [3.05, 3.63) is 0 Å². The van der Waals surface area contributed by atoms with Crippen molar-refractivity contribution in [2.24, 2.45) is 11.3 Å². The molecule has 0 aromatic carbocycles. The number of hydrogen-bond donors (Lipinski definition) is 1. The van der Waals surface area contributed by atoms with Crippen molar-refractivity contribution in [3.8, 4) is 0 Å². The van der Waals surface area contributed by atoms with Gasteiger partial charge in [-0.2, -0.15) is 0 Å². The first kappa shape index (κ1) is 17.0. The third-order valence-corrected chi connectivity index (χ3v) is 5.70. The second-order valence-electron chi connectivity index (χ2n) is 5.74. The Morgan fingerprint density at radius 1 is 1.32 bits per heavy atom. The molecule has 1 rings (SSSR count). The first-order valence-corrected chi connectivity index (χ1v) is 8.65. The molecule has 1 N–H and O–H groups in total. The predicted octanol–water partition coefficient (Wildman–Crippen LogP) is 3.51. The molecule has 0 radical (unpaired) electrons. The summed E-state index contributed by atoms with van der Waals surface area (Å²) in [6.45, 7) is 7.97. The number of hydrogen-bond acceptors (Lipinski definition) is 2. The van der Waals surface area contributed by atoms with Gasteiger partial charge in [0.25, 0.3) is 0 Å². The molecule has 0 atom stereocenters. The molecule has 0 aromatic rings. The quantitative estimate of drug-likeness (QED) is 0.655. The van der Waals surface area contributed by atoms with Crippen molar-refractivity contribution in [1.82, 2.24) is 5.32 Å². The monoisotopic (exact) mass is 333 g/mol. The number of amides is 1. The molecule has 0 bridgehead atoms. The zero-order valence-electron chi connectivity index (χ0n) is 12.5. The Hall–Kier alpha value is -0.0900. The second kappa shape index (κ2) is 8.25. The maximum Gasteiger partial charge on any atom is 0.220 e. The van der Waals surface area contributed by atoms with Crippen LogP contribution in [0.25, 0.3) is 0 Å². The van der Waals surface area contributed by atoms with Gasteiger partial charge in [-0.3, -0.25) is 4.79 Å². The first-order chi connectivity index (χ1) is 9.09. The van der Waals surface area contributed by atoms with E-state index in [2.05, 4.69) is 35.1 Å². The molecule has 112 valence electrons. The summed E-state index contributed by atoms with van der Waals surface area (Å²) in [5.41, 5.74) is 0.211. The lowest BCUT2D eigenvalue weighted by Gasteiger charge is -2.35. The molecule has 1 aliphatic carbocycles. The number of carbonyl (C=O) groups excluding carboxylic acids is 1. The van der Waals surface area contributed by atoms with Crippen LogP contribution in [0.2, 0.25) is 0 Å². The third-order valence-electron chi connectivity index (χ3n) is 4.51. The van der Waals surface area contributed by atoms with Crippen LogP contribution in [-0.4, -0.2) is 30.5 Å². The van der Waals surface area contributed by atoms with Crippen molar-refractivity contribution < 1.29 is 9.53 Å². The van der Waals surface area contributed by atoms with Crippen molar-refractivity contribution >= 4 is 21.8 Å². The fraction of sp³-hybridized carbons (Fsp3) is 0.933. The largest absolute Gasteiger partial charge is 0.378 e. The van der Waals surface area contributed by atoms with Crippen LogP contribution in [0.1, 0.15) is 52.9 Å². The van der Waals surface area contributed by atoms with E-state index in [4.69, 9.17) is 4.74 Å². The zero-order chi connectivity index (χ0) is 14.3. The van der Waals surface area contributed by atoms with Gasteiger partial charge >= 0.3 is 0 Å². The van der Waals surface area contributed by atoms with E-state index < -0.39 is 0 Å². The maximum atomic E-state index is 11.9. The van der Waals surface area contributed by atoms with E-state index in [9.17, 15) is 4.79 Å². The molecule has 0 aromatic heterocycles. The van der Waals surface area contributed by atoms with Crippen LogP contribution >= 0.6 is 15.9 Å². The number of ether oxygens (including phenoxy) is 1. The van der Waals surface area contributed by atoms with Gasteiger partial charge in [0.15, 0.2) is 0 Å². The number of halogens is 1. The second-order valence-corrected chi connectivity index (χ2v) is 6.30. The Bertz CT molecular complexity index is 265. The highest BCUT2D eigenvalue weighted by atomic mass is 79.9. The molecule has 4 heteroatoms. The average Bonchev–Trinajstić information content (AvgIpc) is 2.39. The standard InChI is InChI=1S/C15H28BrNO2/c1-4-15(5-2,10-16)11-17-14(18)9-12-7-13(8-12)19-6-3/h12-13H,4-11H2,1-3H3,(H,17,18). The van der Waals surface area contributed by atoms with Crippen LogP contribution in [0.4, 0.5) is 0 Å². The van der Waals surface area contributed by atoms with Gasteiger partial charge in [0.1, 0.15) is 0 Å². The minimum atomic E-state index is 0.201. The molecule has 3 nitrogen and oxygen atoms in total. The molecular weight excluding hydrogens is 306 g/mol. The van der Waals surface area contributed by atoms with Crippen molar-refractivity contribution in [3.63, 3.8) is 0 Å². The lowest BCUT2D eigenvalue weighted by atomic mass is 9.79. The van der Waals surface area contributed by atoms with Gasteiger partial charge in [0.05, 0.1) is 6.10 Å². The summed E-state index contributed by atoms with van der Waals surface area (Å²) in [7, 11) is 0. The van der Waals surface area contributed by atoms with Crippen molar-refractivity contribution in [2.45, 2.75) is 59.0 Å². The highest BCUT2D eigenvalue weighted by Gasteiger charge is 2.32. The SMILES string of the molecule is CCOC1CC(CC(=O)NCC(CC)(CC)CBr)C1. The fourth-order valence-corrected chi connectivity index (χ4v) is 3.56. The minimum Gasteiger partial charge on any atom is -0.378 e. The van der Waals surface area contributed by atoms with Gasteiger partial charge in [0.2, 0.25) is 5.91 Å². The normalized spacial score (nSPS) is 22.9. The lowest BCUT2D eigenvalue weighted by Crippen LogP contribution is -2.40. The third kappa shape index (κ3) is 5.07. The molecule has 0 saturated heterocycles. The van der Waals surface area contributed by atoms with Crippen LogP contribution in [0.3, 0.4) is 0 Å². The van der Waals surface area contributed by atoms with Crippen LogP contribution in [0.15, 0.2) is 0 Å². The van der Waals surface area contributed by atoms with Gasteiger partial charge in [0, 0.05) is 24.9 Å². The minimum absolute atomic E-state index is 0.201. The number of rotatable bonds is 9. The Balaban J connectivity index is 2.22. The molecule has 0 spiro atoms. The summed E-state index contributed by atoms with van der Waals surface area (Å²) in [4.78, 5) is 11.9. The van der Waals surface area contributed by atoms with Gasteiger partial charge < -0.3 is 10.1 Å². The topological polar surface area (TPSA) is 38.3 Å². The summed E-state index contributed by atoms with van der Waals surface area (Å²) in [6.07, 6.45) is 5.33. The Kier molecular flexibility index (Phi) is 7.37. The molecule has 1 aliphatic rings. The molecular formula is C15H28BrNO2. The van der Waals surface area contributed by atoms with E-state index in [1.54, 1.807) is 0 Å². The van der Waals surface area contributed by atoms with E-state index in [-0.39, 0.29) is 11.3 Å². The van der Waals surface area contributed by atoms with E-state index in [0.717, 1.165) is 44.2 Å². The van der Waals surface area contributed by atoms with E-state index in [1.807, 2.05) is 6.92 Å². The van der Waals surface area contributed by atoms with Crippen LogP contribution in [0, 0.1) is 11.3 Å². The van der Waals surface area contributed by atoms with Crippen LogP contribution in [0.5, 0.6) is 0 Å². The van der Waals surface area contributed by atoms with Crippen LogP contribution in [-0.2, 0) is 9.53 Å².